The van der Waals surface area contributed by atoms with Gasteiger partial charge in [0.15, 0.2) is 11.0 Å². The molecule has 0 fully saturated rings. The van der Waals surface area contributed by atoms with Crippen LogP contribution in [0.3, 0.4) is 0 Å². The lowest BCUT2D eigenvalue weighted by Gasteiger charge is -2.10. The second-order valence-electron chi connectivity index (χ2n) is 4.81. The Bertz CT molecular complexity index is 785. The molecule has 0 aliphatic carbocycles. The van der Waals surface area contributed by atoms with Gasteiger partial charge in [0.25, 0.3) is 0 Å². The Labute approximate surface area is 143 Å². The standard InChI is InChI=1S/C16H17N3O2S2/c1-19-15(14-5-4-8-22-14)17-18-16(19)23-10-11-9-12(20-2)6-7-13(11)21-3/h4-9H,10H2,1-3H3. The molecule has 0 saturated heterocycles. The van der Waals surface area contributed by atoms with Crippen LogP contribution in [0.1, 0.15) is 5.56 Å². The molecule has 0 aliphatic rings. The second-order valence-corrected chi connectivity index (χ2v) is 6.70. The second kappa shape index (κ2) is 7.06. The number of thiophene rings is 1. The van der Waals surface area contributed by atoms with Gasteiger partial charge in [-0.1, -0.05) is 17.8 Å². The highest BCUT2D eigenvalue weighted by atomic mass is 32.2. The smallest absolute Gasteiger partial charge is 0.191 e. The summed E-state index contributed by atoms with van der Waals surface area (Å²) in [5.41, 5.74) is 1.07. The summed E-state index contributed by atoms with van der Waals surface area (Å²) in [5, 5.41) is 11.5. The molecule has 0 unspecified atom stereocenters. The van der Waals surface area contributed by atoms with Crippen molar-refractivity contribution in [3.05, 3.63) is 41.3 Å². The summed E-state index contributed by atoms with van der Waals surface area (Å²) in [6, 6.07) is 9.87. The minimum Gasteiger partial charge on any atom is -0.497 e. The lowest BCUT2D eigenvalue weighted by atomic mass is 10.2. The van der Waals surface area contributed by atoms with Gasteiger partial charge in [-0.15, -0.1) is 21.5 Å². The van der Waals surface area contributed by atoms with Crippen molar-refractivity contribution in [2.24, 2.45) is 7.05 Å². The van der Waals surface area contributed by atoms with E-state index in [2.05, 4.69) is 10.2 Å². The van der Waals surface area contributed by atoms with Gasteiger partial charge in [-0.05, 0) is 29.6 Å². The summed E-state index contributed by atoms with van der Waals surface area (Å²) < 4.78 is 12.7. The van der Waals surface area contributed by atoms with Crippen LogP contribution in [0.5, 0.6) is 11.5 Å². The first-order valence-corrected chi connectivity index (χ1v) is 8.86. The third-order valence-corrected chi connectivity index (χ3v) is 5.36. The maximum atomic E-state index is 5.42. The summed E-state index contributed by atoms with van der Waals surface area (Å²) in [5.74, 6) is 3.29. The minimum absolute atomic E-state index is 0.733. The molecule has 0 atom stereocenters. The van der Waals surface area contributed by atoms with Gasteiger partial charge in [0.05, 0.1) is 19.1 Å². The Morgan fingerprint density at radius 2 is 2.04 bits per heavy atom. The topological polar surface area (TPSA) is 49.2 Å². The number of nitrogens with zero attached hydrogens (tertiary/aromatic N) is 3. The van der Waals surface area contributed by atoms with Crippen LogP contribution < -0.4 is 9.47 Å². The molecule has 3 aromatic rings. The van der Waals surface area contributed by atoms with E-state index in [-0.39, 0.29) is 0 Å². The first-order chi connectivity index (χ1) is 11.2. The number of rotatable bonds is 6. The Morgan fingerprint density at radius 1 is 1.17 bits per heavy atom. The van der Waals surface area contributed by atoms with Crippen molar-refractivity contribution in [3.8, 4) is 22.2 Å². The molecule has 120 valence electrons. The largest absolute Gasteiger partial charge is 0.497 e. The van der Waals surface area contributed by atoms with E-state index in [1.54, 1.807) is 37.3 Å². The predicted octanol–water partition coefficient (Wildman–Crippen LogP) is 3.85. The molecule has 0 radical (unpaired) electrons. The van der Waals surface area contributed by atoms with Gasteiger partial charge in [0.2, 0.25) is 0 Å². The molecule has 5 nitrogen and oxygen atoms in total. The molecule has 23 heavy (non-hydrogen) atoms. The van der Waals surface area contributed by atoms with Gasteiger partial charge in [-0.2, -0.15) is 0 Å². The number of thioether (sulfide) groups is 1. The van der Waals surface area contributed by atoms with E-state index in [0.29, 0.717) is 0 Å². The van der Waals surface area contributed by atoms with Crippen LogP contribution in [-0.4, -0.2) is 29.0 Å². The van der Waals surface area contributed by atoms with E-state index in [4.69, 9.17) is 9.47 Å². The average molecular weight is 347 g/mol. The van der Waals surface area contributed by atoms with Crippen molar-refractivity contribution in [1.82, 2.24) is 14.8 Å². The molecule has 1 aromatic carbocycles. The van der Waals surface area contributed by atoms with E-state index in [1.807, 2.05) is 47.3 Å². The third kappa shape index (κ3) is 3.35. The van der Waals surface area contributed by atoms with Gasteiger partial charge in [-0.25, -0.2) is 0 Å². The SMILES string of the molecule is COc1ccc(OC)c(CSc2nnc(-c3cccs3)n2C)c1. The van der Waals surface area contributed by atoms with Gasteiger partial charge in [-0.3, -0.25) is 0 Å². The molecule has 7 heteroatoms. The highest BCUT2D eigenvalue weighted by Crippen LogP contribution is 2.31. The first-order valence-electron chi connectivity index (χ1n) is 7.00. The maximum absolute atomic E-state index is 5.42. The molecule has 0 bridgehead atoms. The zero-order chi connectivity index (χ0) is 16.2. The molecule has 2 heterocycles. The molecule has 0 spiro atoms. The number of ether oxygens (including phenoxy) is 2. The highest BCUT2D eigenvalue weighted by molar-refractivity contribution is 7.98. The van der Waals surface area contributed by atoms with E-state index in [1.165, 1.54) is 0 Å². The van der Waals surface area contributed by atoms with E-state index < -0.39 is 0 Å². The normalized spacial score (nSPS) is 10.7. The Kier molecular flexibility index (Phi) is 4.88. The van der Waals surface area contributed by atoms with Crippen LogP contribution in [0.15, 0.2) is 40.9 Å². The van der Waals surface area contributed by atoms with Crippen molar-refractivity contribution in [2.45, 2.75) is 10.9 Å². The van der Waals surface area contributed by atoms with Crippen LogP contribution in [0.4, 0.5) is 0 Å². The summed E-state index contributed by atoms with van der Waals surface area (Å²) >= 11 is 3.29. The van der Waals surface area contributed by atoms with Gasteiger partial charge < -0.3 is 14.0 Å². The van der Waals surface area contributed by atoms with E-state index in [9.17, 15) is 0 Å². The number of hydrogen-bond donors (Lipinski definition) is 0. The zero-order valence-electron chi connectivity index (χ0n) is 13.1. The maximum Gasteiger partial charge on any atom is 0.191 e. The van der Waals surface area contributed by atoms with E-state index in [0.717, 1.165) is 38.7 Å². The summed E-state index contributed by atoms with van der Waals surface area (Å²) in [4.78, 5) is 1.12. The molecule has 3 rings (SSSR count). The highest BCUT2D eigenvalue weighted by Gasteiger charge is 2.13. The van der Waals surface area contributed by atoms with Gasteiger partial charge in [0, 0.05) is 18.4 Å². The molecular formula is C16H17N3O2S2. The van der Waals surface area contributed by atoms with Crippen molar-refractivity contribution < 1.29 is 9.47 Å². The minimum atomic E-state index is 0.733. The number of hydrogen-bond acceptors (Lipinski definition) is 6. The Balaban J connectivity index is 1.79. The van der Waals surface area contributed by atoms with Crippen LogP contribution in [0, 0.1) is 0 Å². The molecule has 0 amide bonds. The fourth-order valence-corrected chi connectivity index (χ4v) is 3.83. The van der Waals surface area contributed by atoms with Gasteiger partial charge in [0.1, 0.15) is 11.5 Å². The molecule has 0 saturated carbocycles. The third-order valence-electron chi connectivity index (χ3n) is 3.42. The monoisotopic (exact) mass is 347 g/mol. The van der Waals surface area contributed by atoms with Crippen LogP contribution in [0.2, 0.25) is 0 Å². The fourth-order valence-electron chi connectivity index (χ4n) is 2.20. The lowest BCUT2D eigenvalue weighted by Crippen LogP contribution is -1.96. The van der Waals surface area contributed by atoms with Crippen LogP contribution >= 0.6 is 23.1 Å². The fraction of sp³-hybridized carbons (Fsp3) is 0.250. The van der Waals surface area contributed by atoms with Crippen molar-refractivity contribution >= 4 is 23.1 Å². The number of methoxy groups -OCH3 is 2. The summed E-state index contributed by atoms with van der Waals surface area (Å²) in [6.07, 6.45) is 0. The molecular weight excluding hydrogens is 330 g/mol. The molecule has 0 N–H and O–H groups in total. The summed E-state index contributed by atoms with van der Waals surface area (Å²) in [7, 11) is 5.32. The number of aromatic nitrogens is 3. The van der Waals surface area contributed by atoms with Crippen LogP contribution in [-0.2, 0) is 12.8 Å². The average Bonchev–Trinajstić information content (AvgIpc) is 3.22. The Morgan fingerprint density at radius 3 is 2.74 bits per heavy atom. The van der Waals surface area contributed by atoms with Crippen molar-refractivity contribution in [2.75, 3.05) is 14.2 Å². The lowest BCUT2D eigenvalue weighted by molar-refractivity contribution is 0.400. The zero-order valence-corrected chi connectivity index (χ0v) is 14.8. The van der Waals surface area contributed by atoms with E-state index >= 15 is 0 Å². The predicted molar refractivity (Wildman–Crippen MR) is 93.4 cm³/mol. The Hall–Kier alpha value is -1.99. The molecule has 0 aliphatic heterocycles. The van der Waals surface area contributed by atoms with Gasteiger partial charge >= 0.3 is 0 Å². The summed E-state index contributed by atoms with van der Waals surface area (Å²) in [6.45, 7) is 0. The molecule has 2 aromatic heterocycles. The quantitative estimate of drug-likeness (QED) is 0.634. The number of benzene rings is 1. The van der Waals surface area contributed by atoms with Crippen LogP contribution in [0.25, 0.3) is 10.7 Å². The van der Waals surface area contributed by atoms with Crippen molar-refractivity contribution in [1.29, 1.82) is 0 Å². The first kappa shape index (κ1) is 15.9. The van der Waals surface area contributed by atoms with Crippen molar-refractivity contribution in [3.63, 3.8) is 0 Å².